The molecule has 1 aliphatic carbocycles. The topological polar surface area (TPSA) is 65.0 Å². The summed E-state index contributed by atoms with van der Waals surface area (Å²) >= 11 is 0. The van der Waals surface area contributed by atoms with Crippen LogP contribution in [-0.2, 0) is 19.5 Å². The van der Waals surface area contributed by atoms with Gasteiger partial charge in [-0.2, -0.15) is 0 Å². The van der Waals surface area contributed by atoms with E-state index >= 15 is 0 Å². The third kappa shape index (κ3) is 2.31. The highest BCUT2D eigenvalue weighted by Crippen LogP contribution is 2.29. The van der Waals surface area contributed by atoms with Crippen LogP contribution in [0.4, 0.5) is 0 Å². The molecule has 16 heavy (non-hydrogen) atoms. The van der Waals surface area contributed by atoms with Crippen LogP contribution in [0.15, 0.2) is 4.40 Å². The largest absolute Gasteiger partial charge is 0.453 e. The van der Waals surface area contributed by atoms with E-state index in [4.69, 9.17) is 9.47 Å². The zero-order valence-corrected chi connectivity index (χ0v) is 10.2. The van der Waals surface area contributed by atoms with Gasteiger partial charge < -0.3 is 9.47 Å². The number of nitrogens with zero attached hydrogens (tertiary/aromatic N) is 1. The second-order valence-electron chi connectivity index (χ2n) is 4.26. The second kappa shape index (κ2) is 4.61. The molecule has 92 valence electrons. The Kier molecular flexibility index (Phi) is 3.37. The molecule has 0 saturated heterocycles. The van der Waals surface area contributed by atoms with Crippen LogP contribution in [-0.4, -0.2) is 33.0 Å². The molecule has 0 aromatic rings. The first kappa shape index (κ1) is 11.7. The minimum absolute atomic E-state index is 0.109. The number of sulfonamides is 1. The SMILES string of the molecule is COC1=NS(=O)(=O)[C@H]2CCCCCC[C@@H]2O1. The highest BCUT2D eigenvalue weighted by molar-refractivity contribution is 7.91. The van der Waals surface area contributed by atoms with Crippen LogP contribution in [0.3, 0.4) is 0 Å². The molecule has 1 fully saturated rings. The number of methoxy groups -OCH3 is 1. The molecule has 0 unspecified atom stereocenters. The second-order valence-corrected chi connectivity index (χ2v) is 6.08. The average molecular weight is 247 g/mol. The van der Waals surface area contributed by atoms with Crippen molar-refractivity contribution in [3.63, 3.8) is 0 Å². The Hall–Kier alpha value is -0.780. The van der Waals surface area contributed by atoms with Crippen LogP contribution in [0, 0.1) is 0 Å². The third-order valence-electron chi connectivity index (χ3n) is 3.15. The van der Waals surface area contributed by atoms with E-state index in [9.17, 15) is 8.42 Å². The lowest BCUT2D eigenvalue weighted by atomic mass is 9.98. The number of hydrogen-bond donors (Lipinski definition) is 0. The van der Waals surface area contributed by atoms with E-state index < -0.39 is 15.3 Å². The molecule has 2 atom stereocenters. The van der Waals surface area contributed by atoms with Crippen molar-refractivity contribution in [2.75, 3.05) is 7.11 Å². The molecule has 1 saturated carbocycles. The van der Waals surface area contributed by atoms with Crippen LogP contribution in [0.5, 0.6) is 0 Å². The van der Waals surface area contributed by atoms with Crippen molar-refractivity contribution in [1.82, 2.24) is 0 Å². The van der Waals surface area contributed by atoms with Crippen molar-refractivity contribution < 1.29 is 17.9 Å². The van der Waals surface area contributed by atoms with E-state index in [2.05, 4.69) is 4.40 Å². The van der Waals surface area contributed by atoms with Crippen LogP contribution >= 0.6 is 0 Å². The van der Waals surface area contributed by atoms with E-state index in [1.54, 1.807) is 0 Å². The Bertz CT molecular complexity index is 376. The van der Waals surface area contributed by atoms with Crippen molar-refractivity contribution in [3.8, 4) is 0 Å². The van der Waals surface area contributed by atoms with E-state index in [1.807, 2.05) is 0 Å². The number of hydrogen-bond acceptors (Lipinski definition) is 4. The van der Waals surface area contributed by atoms with E-state index in [0.717, 1.165) is 32.1 Å². The Morgan fingerprint density at radius 2 is 1.94 bits per heavy atom. The lowest BCUT2D eigenvalue weighted by Crippen LogP contribution is -2.42. The van der Waals surface area contributed by atoms with Crippen molar-refractivity contribution in [2.45, 2.75) is 49.9 Å². The summed E-state index contributed by atoms with van der Waals surface area (Å²) < 4.78 is 37.6. The van der Waals surface area contributed by atoms with E-state index in [-0.39, 0.29) is 12.2 Å². The zero-order chi connectivity index (χ0) is 11.6. The monoisotopic (exact) mass is 247 g/mol. The highest BCUT2D eigenvalue weighted by Gasteiger charge is 2.40. The maximum Gasteiger partial charge on any atom is 0.399 e. The normalized spacial score (nSPS) is 33.7. The van der Waals surface area contributed by atoms with Gasteiger partial charge in [0.15, 0.2) is 0 Å². The molecule has 0 amide bonds. The van der Waals surface area contributed by atoms with Crippen LogP contribution < -0.4 is 0 Å². The van der Waals surface area contributed by atoms with Gasteiger partial charge in [-0.3, -0.25) is 0 Å². The van der Waals surface area contributed by atoms with Gasteiger partial charge in [0.2, 0.25) is 0 Å². The molecule has 1 heterocycles. The molecule has 6 heteroatoms. The Morgan fingerprint density at radius 1 is 1.25 bits per heavy atom. The standard InChI is InChI=1S/C10H17NO4S/c1-14-10-11-16(12,13)9-7-5-3-2-4-6-8(9)15-10/h8-9H,2-7H2,1H3/t8-,9-/m0/s1. The molecule has 0 N–H and O–H groups in total. The van der Waals surface area contributed by atoms with Gasteiger partial charge in [0, 0.05) is 0 Å². The summed E-state index contributed by atoms with van der Waals surface area (Å²) in [5.74, 6) is 0. The first-order valence-corrected chi connectivity index (χ1v) is 7.18. The summed E-state index contributed by atoms with van der Waals surface area (Å²) in [7, 11) is -2.07. The number of ether oxygens (including phenoxy) is 2. The molecule has 2 rings (SSSR count). The van der Waals surface area contributed by atoms with Gasteiger partial charge in [0.05, 0.1) is 7.11 Å². The van der Waals surface area contributed by atoms with Crippen molar-refractivity contribution in [1.29, 1.82) is 0 Å². The molecule has 0 bridgehead atoms. The Labute approximate surface area is 95.9 Å². The average Bonchev–Trinajstić information content (AvgIpc) is 2.18. The molecular weight excluding hydrogens is 230 g/mol. The van der Waals surface area contributed by atoms with Crippen LogP contribution in [0.25, 0.3) is 0 Å². The van der Waals surface area contributed by atoms with Crippen LogP contribution in [0.1, 0.15) is 38.5 Å². The van der Waals surface area contributed by atoms with Gasteiger partial charge in [0.25, 0.3) is 10.0 Å². The fraction of sp³-hybridized carbons (Fsp3) is 0.900. The predicted octanol–water partition coefficient (Wildman–Crippen LogP) is 1.44. The van der Waals surface area contributed by atoms with Crippen LogP contribution in [0.2, 0.25) is 0 Å². The summed E-state index contributed by atoms with van der Waals surface area (Å²) in [6, 6.07) is 0. The Morgan fingerprint density at radius 3 is 2.62 bits per heavy atom. The molecule has 2 aliphatic rings. The fourth-order valence-corrected chi connectivity index (χ4v) is 3.80. The quantitative estimate of drug-likeness (QED) is 0.649. The lowest BCUT2D eigenvalue weighted by molar-refractivity contribution is 0.101. The molecule has 5 nitrogen and oxygen atoms in total. The molecule has 0 spiro atoms. The van der Waals surface area contributed by atoms with E-state index in [0.29, 0.717) is 6.42 Å². The molecule has 0 radical (unpaired) electrons. The zero-order valence-electron chi connectivity index (χ0n) is 9.39. The van der Waals surface area contributed by atoms with Gasteiger partial charge in [-0.05, 0) is 19.3 Å². The van der Waals surface area contributed by atoms with E-state index in [1.165, 1.54) is 7.11 Å². The predicted molar refractivity (Wildman–Crippen MR) is 59.7 cm³/mol. The van der Waals surface area contributed by atoms with Crippen molar-refractivity contribution >= 4 is 16.1 Å². The first-order chi connectivity index (χ1) is 7.63. The van der Waals surface area contributed by atoms with Gasteiger partial charge >= 0.3 is 6.08 Å². The van der Waals surface area contributed by atoms with Gasteiger partial charge in [0.1, 0.15) is 11.4 Å². The number of fused-ring (bicyclic) bond motifs is 1. The van der Waals surface area contributed by atoms with Gasteiger partial charge in [-0.15, -0.1) is 0 Å². The summed E-state index contributed by atoms with van der Waals surface area (Å²) in [4.78, 5) is 0. The minimum atomic E-state index is -3.45. The summed E-state index contributed by atoms with van der Waals surface area (Å²) in [6.45, 7) is 0. The van der Waals surface area contributed by atoms with Gasteiger partial charge in [-0.25, -0.2) is 8.42 Å². The van der Waals surface area contributed by atoms with Crippen molar-refractivity contribution in [3.05, 3.63) is 0 Å². The Balaban J connectivity index is 2.25. The summed E-state index contributed by atoms with van der Waals surface area (Å²) in [6.07, 6.45) is 5.21. The molecule has 1 aliphatic heterocycles. The molecular formula is C10H17NO4S. The van der Waals surface area contributed by atoms with Gasteiger partial charge in [-0.1, -0.05) is 23.7 Å². The fourth-order valence-electron chi connectivity index (χ4n) is 2.30. The molecule has 0 aromatic carbocycles. The highest BCUT2D eigenvalue weighted by atomic mass is 32.2. The maximum atomic E-state index is 11.9. The maximum absolute atomic E-state index is 11.9. The molecule has 0 aromatic heterocycles. The minimum Gasteiger partial charge on any atom is -0.453 e. The lowest BCUT2D eigenvalue weighted by Gasteiger charge is -2.30. The smallest absolute Gasteiger partial charge is 0.399 e. The summed E-state index contributed by atoms with van der Waals surface area (Å²) in [5.41, 5.74) is 0. The number of rotatable bonds is 0. The third-order valence-corrected chi connectivity index (χ3v) is 4.86. The first-order valence-electron chi connectivity index (χ1n) is 5.68. The van der Waals surface area contributed by atoms with Crippen molar-refractivity contribution in [2.24, 2.45) is 4.40 Å². The summed E-state index contributed by atoms with van der Waals surface area (Å²) in [5, 5.41) is -0.480.